The van der Waals surface area contributed by atoms with E-state index in [-0.39, 0.29) is 9.84 Å². The summed E-state index contributed by atoms with van der Waals surface area (Å²) in [4.78, 5) is 0. The molecule has 0 saturated heterocycles. The molecule has 2 nitrogen and oxygen atoms in total. The first-order valence-corrected chi connectivity index (χ1v) is 6.87. The van der Waals surface area contributed by atoms with Crippen molar-refractivity contribution in [2.75, 3.05) is 0 Å². The van der Waals surface area contributed by atoms with Gasteiger partial charge in [-0.25, -0.2) is 0 Å². The van der Waals surface area contributed by atoms with Crippen molar-refractivity contribution >= 4 is 42.8 Å². The molecule has 2 aromatic rings. The molecule has 0 aliphatic heterocycles. The summed E-state index contributed by atoms with van der Waals surface area (Å²) in [6, 6.07) is 7.84. The summed E-state index contributed by atoms with van der Waals surface area (Å²) in [5, 5.41) is 1.05. The molecule has 1 aromatic carbocycles. The van der Waals surface area contributed by atoms with Gasteiger partial charge in [-0.2, -0.15) is 0 Å². The van der Waals surface area contributed by atoms with Crippen molar-refractivity contribution in [1.82, 2.24) is 0 Å². The van der Waals surface area contributed by atoms with Crippen LogP contribution in [0.2, 0.25) is 0 Å². The number of halogens is 2. The van der Waals surface area contributed by atoms with Crippen molar-refractivity contribution < 1.29 is 9.15 Å². The lowest BCUT2D eigenvalue weighted by molar-refractivity contribution is 0.242. The summed E-state index contributed by atoms with van der Waals surface area (Å²) in [5.74, 6) is 1.73. The Morgan fingerprint density at radius 3 is 2.56 bits per heavy atom. The first-order valence-electron chi connectivity index (χ1n) is 5.04. The van der Waals surface area contributed by atoms with Gasteiger partial charge in [0.1, 0.15) is 20.8 Å². The van der Waals surface area contributed by atoms with Gasteiger partial charge in [0.15, 0.2) is 0 Å². The second kappa shape index (κ2) is 4.80. The fourth-order valence-electron chi connectivity index (χ4n) is 1.49. The predicted octanol–water partition coefficient (Wildman–Crippen LogP) is 5.01. The monoisotopic (exact) mass is 346 g/mol. The van der Waals surface area contributed by atoms with Crippen molar-refractivity contribution in [2.24, 2.45) is 0 Å². The normalized spacial score (nSPS) is 11.6. The number of hydrogen-bond donors (Lipinski definition) is 0. The standard InChI is InChI=1S/C12H12Br2O2/c1-7(2)15-9-3-4-10-8(5-9)6-11(16-10)12(13)14/h3-7,12H,1-2H3. The van der Waals surface area contributed by atoms with Gasteiger partial charge in [-0.1, -0.05) is 31.9 Å². The lowest BCUT2D eigenvalue weighted by atomic mass is 10.2. The minimum absolute atomic E-state index is 0.0434. The molecule has 1 heterocycles. The van der Waals surface area contributed by atoms with E-state index in [4.69, 9.17) is 9.15 Å². The Kier molecular flexibility index (Phi) is 3.60. The Hall–Kier alpha value is -0.480. The highest BCUT2D eigenvalue weighted by molar-refractivity contribution is 9.24. The van der Waals surface area contributed by atoms with Gasteiger partial charge in [0, 0.05) is 5.39 Å². The SMILES string of the molecule is CC(C)Oc1ccc2oc(C(Br)Br)cc2c1. The van der Waals surface area contributed by atoms with Crippen LogP contribution in [0.25, 0.3) is 11.0 Å². The van der Waals surface area contributed by atoms with Crippen LogP contribution in [0.5, 0.6) is 5.75 Å². The summed E-state index contributed by atoms with van der Waals surface area (Å²) in [6.45, 7) is 4.02. The average Bonchev–Trinajstić information content (AvgIpc) is 2.59. The van der Waals surface area contributed by atoms with E-state index in [0.29, 0.717) is 0 Å². The number of benzene rings is 1. The highest BCUT2D eigenvalue weighted by Gasteiger charge is 2.10. The van der Waals surface area contributed by atoms with Gasteiger partial charge in [-0.3, -0.25) is 0 Å². The molecule has 4 heteroatoms. The molecule has 2 rings (SSSR count). The predicted molar refractivity (Wildman–Crippen MR) is 72.6 cm³/mol. The van der Waals surface area contributed by atoms with Crippen LogP contribution in [0.4, 0.5) is 0 Å². The molecule has 0 aliphatic carbocycles. The van der Waals surface area contributed by atoms with Gasteiger partial charge in [0.25, 0.3) is 0 Å². The Morgan fingerprint density at radius 2 is 1.94 bits per heavy atom. The average molecular weight is 348 g/mol. The molecular formula is C12H12Br2O2. The minimum atomic E-state index is 0.0434. The summed E-state index contributed by atoms with van der Waals surface area (Å²) < 4.78 is 11.3. The minimum Gasteiger partial charge on any atom is -0.491 e. The van der Waals surface area contributed by atoms with E-state index in [9.17, 15) is 0 Å². The molecule has 0 aliphatic rings. The topological polar surface area (TPSA) is 22.4 Å². The van der Waals surface area contributed by atoms with Crippen molar-refractivity contribution in [3.05, 3.63) is 30.0 Å². The quantitative estimate of drug-likeness (QED) is 0.728. The van der Waals surface area contributed by atoms with Crippen molar-refractivity contribution in [1.29, 1.82) is 0 Å². The summed E-state index contributed by atoms with van der Waals surface area (Å²) in [5.41, 5.74) is 0.870. The van der Waals surface area contributed by atoms with Crippen LogP contribution in [0.3, 0.4) is 0 Å². The molecule has 0 atom stereocenters. The largest absolute Gasteiger partial charge is 0.491 e. The fourth-order valence-corrected chi connectivity index (χ4v) is 1.95. The molecule has 0 amide bonds. The van der Waals surface area contributed by atoms with Gasteiger partial charge in [0.2, 0.25) is 0 Å². The Morgan fingerprint density at radius 1 is 1.19 bits per heavy atom. The van der Waals surface area contributed by atoms with E-state index in [1.165, 1.54) is 0 Å². The molecule has 0 bridgehead atoms. The Bertz CT molecular complexity index is 489. The summed E-state index contributed by atoms with van der Waals surface area (Å²) in [6.07, 6.45) is 0.184. The second-order valence-electron chi connectivity index (χ2n) is 3.82. The molecule has 1 aromatic heterocycles. The maximum atomic E-state index is 5.64. The third-order valence-electron chi connectivity index (χ3n) is 2.09. The van der Waals surface area contributed by atoms with E-state index in [2.05, 4.69) is 31.9 Å². The maximum absolute atomic E-state index is 5.64. The van der Waals surface area contributed by atoms with E-state index in [1.54, 1.807) is 0 Å². The smallest absolute Gasteiger partial charge is 0.134 e. The van der Waals surface area contributed by atoms with E-state index in [1.807, 2.05) is 38.1 Å². The molecule has 0 radical (unpaired) electrons. The van der Waals surface area contributed by atoms with Crippen LogP contribution in [0.15, 0.2) is 28.7 Å². The number of hydrogen-bond acceptors (Lipinski definition) is 2. The van der Waals surface area contributed by atoms with Crippen molar-refractivity contribution in [3.8, 4) is 5.75 Å². The summed E-state index contributed by atoms with van der Waals surface area (Å²) in [7, 11) is 0. The molecule has 0 saturated carbocycles. The molecular weight excluding hydrogens is 336 g/mol. The molecule has 86 valence electrons. The lowest BCUT2D eigenvalue weighted by Crippen LogP contribution is -2.04. The highest BCUT2D eigenvalue weighted by atomic mass is 79.9. The van der Waals surface area contributed by atoms with E-state index in [0.717, 1.165) is 22.5 Å². The third-order valence-corrected chi connectivity index (χ3v) is 3.00. The van der Waals surface area contributed by atoms with Crippen molar-refractivity contribution in [2.45, 2.75) is 23.7 Å². The van der Waals surface area contributed by atoms with E-state index >= 15 is 0 Å². The van der Waals surface area contributed by atoms with Gasteiger partial charge >= 0.3 is 0 Å². The molecule has 0 fully saturated rings. The number of ether oxygens (including phenoxy) is 1. The highest BCUT2D eigenvalue weighted by Crippen LogP contribution is 2.34. The second-order valence-corrected chi connectivity index (χ2v) is 6.88. The van der Waals surface area contributed by atoms with Crippen LogP contribution in [-0.4, -0.2) is 6.10 Å². The number of alkyl halides is 2. The zero-order chi connectivity index (χ0) is 11.7. The molecule has 0 unspecified atom stereocenters. The Balaban J connectivity index is 2.38. The number of rotatable bonds is 3. The third kappa shape index (κ3) is 2.61. The summed E-state index contributed by atoms with van der Waals surface area (Å²) >= 11 is 6.82. The van der Waals surface area contributed by atoms with Crippen LogP contribution in [0.1, 0.15) is 23.3 Å². The first-order chi connectivity index (χ1) is 7.56. The van der Waals surface area contributed by atoms with Gasteiger partial charge < -0.3 is 9.15 Å². The zero-order valence-electron chi connectivity index (χ0n) is 9.04. The van der Waals surface area contributed by atoms with Crippen LogP contribution in [0, 0.1) is 0 Å². The lowest BCUT2D eigenvalue weighted by Gasteiger charge is -2.08. The van der Waals surface area contributed by atoms with Gasteiger partial charge in [0.05, 0.1) is 6.10 Å². The molecule has 16 heavy (non-hydrogen) atoms. The van der Waals surface area contributed by atoms with Crippen LogP contribution < -0.4 is 4.74 Å². The molecule has 0 N–H and O–H groups in total. The number of fused-ring (bicyclic) bond motifs is 1. The van der Waals surface area contributed by atoms with E-state index < -0.39 is 0 Å². The van der Waals surface area contributed by atoms with Gasteiger partial charge in [-0.15, -0.1) is 0 Å². The van der Waals surface area contributed by atoms with Crippen LogP contribution >= 0.6 is 31.9 Å². The van der Waals surface area contributed by atoms with Crippen LogP contribution in [-0.2, 0) is 0 Å². The van der Waals surface area contributed by atoms with Gasteiger partial charge in [-0.05, 0) is 38.1 Å². The zero-order valence-corrected chi connectivity index (χ0v) is 12.2. The maximum Gasteiger partial charge on any atom is 0.134 e. The fraction of sp³-hybridized carbons (Fsp3) is 0.333. The van der Waals surface area contributed by atoms with Crippen molar-refractivity contribution in [3.63, 3.8) is 0 Å². The Labute approximate surface area is 111 Å². The molecule has 0 spiro atoms. The number of furan rings is 1. The first kappa shape index (κ1) is 12.0.